The Morgan fingerprint density at radius 2 is 0.958 bits per heavy atom. The lowest BCUT2D eigenvalue weighted by molar-refractivity contribution is -0.147. The number of carboxylic acid groups (broad SMARTS) is 3. The van der Waals surface area contributed by atoms with E-state index in [-0.39, 0.29) is 13.0 Å². The van der Waals surface area contributed by atoms with Gasteiger partial charge < -0.3 is 20.1 Å². The lowest BCUT2D eigenvalue weighted by atomic mass is 9.96. The fraction of sp³-hybridized carbons (Fsp3) is 0.875. The van der Waals surface area contributed by atoms with Crippen LogP contribution < -0.4 is 0 Å². The van der Waals surface area contributed by atoms with E-state index in [1.165, 1.54) is 64.2 Å². The molecule has 284 valence electrons. The van der Waals surface area contributed by atoms with E-state index >= 15 is 0 Å². The molecule has 2 atom stereocenters. The van der Waals surface area contributed by atoms with E-state index < -0.39 is 73.4 Å². The first-order valence-corrected chi connectivity index (χ1v) is 20.2. The van der Waals surface area contributed by atoms with E-state index in [2.05, 4.69) is 13.8 Å². The van der Waals surface area contributed by atoms with Gasteiger partial charge in [-0.2, -0.15) is 16.8 Å². The van der Waals surface area contributed by atoms with Crippen LogP contribution in [0.3, 0.4) is 0 Å². The number of rotatable bonds is 30. The van der Waals surface area contributed by atoms with Crippen LogP contribution in [0.25, 0.3) is 0 Å². The third-order valence-electron chi connectivity index (χ3n) is 7.98. The second kappa shape index (κ2) is 27.5. The molecule has 0 aliphatic heterocycles. The Hall–Kier alpha value is -2.30. The van der Waals surface area contributed by atoms with Gasteiger partial charge in [-0.3, -0.25) is 28.3 Å². The molecule has 0 amide bonds. The summed E-state index contributed by atoms with van der Waals surface area (Å²) in [6.07, 6.45) is 18.4. The van der Waals surface area contributed by atoms with Crippen LogP contribution >= 0.6 is 0 Å². The number of hydrogen-bond donors (Lipinski definition) is 5. The molecule has 0 aliphatic rings. The van der Waals surface area contributed by atoms with E-state index in [0.717, 1.165) is 44.9 Å². The third-order valence-corrected chi connectivity index (χ3v) is 10.6. The van der Waals surface area contributed by atoms with Crippen molar-refractivity contribution in [1.82, 2.24) is 0 Å². The molecule has 0 bridgehead atoms. The standard InChI is InChI=1S/2C16H30O7S/c1-2-3-4-5-6-7-8-9-10-11-12-16(15(19)20,13-14(17)18)24(21,22)23;1-2-3-4-5-6-7-8-9-10-11-12-23-16(19)14(13-15(17)18)24(20,21)22/h2-13H2,1H3,(H,17,18)(H,19,20)(H,21,22,23);14H,2-13H2,1H3,(H,17,18)(H,20,21,22). The van der Waals surface area contributed by atoms with E-state index in [1.54, 1.807) is 0 Å². The zero-order valence-electron chi connectivity index (χ0n) is 28.8. The lowest BCUT2D eigenvalue weighted by Gasteiger charge is -2.24. The van der Waals surface area contributed by atoms with E-state index in [1.807, 2.05) is 0 Å². The van der Waals surface area contributed by atoms with Crippen molar-refractivity contribution < 1.29 is 65.2 Å². The van der Waals surface area contributed by atoms with Gasteiger partial charge >= 0.3 is 23.9 Å². The molecular weight excluding hydrogens is 672 g/mol. The summed E-state index contributed by atoms with van der Waals surface area (Å²) in [7, 11) is -9.79. The zero-order chi connectivity index (χ0) is 37.1. The Balaban J connectivity index is 0. The van der Waals surface area contributed by atoms with Crippen LogP contribution in [0.5, 0.6) is 0 Å². The van der Waals surface area contributed by atoms with E-state index in [0.29, 0.717) is 12.8 Å². The Kier molecular flexibility index (Phi) is 27.4. The van der Waals surface area contributed by atoms with Crippen molar-refractivity contribution in [1.29, 1.82) is 0 Å². The van der Waals surface area contributed by atoms with Crippen molar-refractivity contribution in [3.63, 3.8) is 0 Å². The Morgan fingerprint density at radius 3 is 1.27 bits per heavy atom. The average molecular weight is 733 g/mol. The molecule has 0 aromatic rings. The van der Waals surface area contributed by atoms with Gasteiger partial charge in [0.1, 0.15) is 0 Å². The van der Waals surface area contributed by atoms with Gasteiger partial charge in [-0.15, -0.1) is 0 Å². The monoisotopic (exact) mass is 732 g/mol. The SMILES string of the molecule is CCCCCCCCCCCCC(CC(=O)O)(C(=O)O)S(=O)(=O)O.CCCCCCCCCCCCOC(=O)C(CC(=O)O)S(=O)(=O)O. The number of carbonyl (C=O) groups is 4. The van der Waals surface area contributed by atoms with Gasteiger partial charge in [0, 0.05) is 0 Å². The molecule has 0 radical (unpaired) electrons. The number of unbranched alkanes of at least 4 members (excludes halogenated alkanes) is 18. The molecule has 16 heteroatoms. The van der Waals surface area contributed by atoms with E-state index in [9.17, 15) is 40.6 Å². The minimum atomic E-state index is -5.01. The maximum atomic E-state index is 11.6. The maximum Gasteiger partial charge on any atom is 0.328 e. The van der Waals surface area contributed by atoms with Crippen LogP contribution in [0.2, 0.25) is 0 Å². The molecule has 0 fully saturated rings. The molecule has 0 saturated heterocycles. The van der Waals surface area contributed by atoms with Crippen LogP contribution in [0.1, 0.15) is 162 Å². The quantitative estimate of drug-likeness (QED) is 0.0294. The van der Waals surface area contributed by atoms with Crippen LogP contribution in [-0.4, -0.2) is 81.7 Å². The van der Waals surface area contributed by atoms with Gasteiger partial charge in [0.2, 0.25) is 4.75 Å². The minimum absolute atomic E-state index is 0.0287. The molecule has 0 spiro atoms. The van der Waals surface area contributed by atoms with Crippen LogP contribution in [0.4, 0.5) is 0 Å². The summed E-state index contributed by atoms with van der Waals surface area (Å²) in [5.41, 5.74) is 0. The Morgan fingerprint density at radius 1 is 0.583 bits per heavy atom. The Labute approximate surface area is 286 Å². The minimum Gasteiger partial charge on any atom is -0.481 e. The highest BCUT2D eigenvalue weighted by molar-refractivity contribution is 7.88. The molecule has 2 unspecified atom stereocenters. The summed E-state index contributed by atoms with van der Waals surface area (Å²) in [4.78, 5) is 44.2. The van der Waals surface area contributed by atoms with Crippen LogP contribution in [0, 0.1) is 0 Å². The first kappa shape index (κ1) is 47.8. The predicted molar refractivity (Wildman–Crippen MR) is 181 cm³/mol. The molecule has 14 nitrogen and oxygen atoms in total. The highest BCUT2D eigenvalue weighted by Crippen LogP contribution is 2.29. The summed E-state index contributed by atoms with van der Waals surface area (Å²) in [6.45, 7) is 4.38. The molecule has 0 heterocycles. The van der Waals surface area contributed by atoms with Crippen molar-refractivity contribution in [3.8, 4) is 0 Å². The third kappa shape index (κ3) is 23.9. The number of carbonyl (C=O) groups excluding carboxylic acids is 1. The number of ether oxygens (including phenoxy) is 1. The first-order chi connectivity index (χ1) is 22.5. The largest absolute Gasteiger partial charge is 0.481 e. The van der Waals surface area contributed by atoms with Gasteiger partial charge in [0.25, 0.3) is 20.2 Å². The van der Waals surface area contributed by atoms with Crippen molar-refractivity contribution in [2.45, 2.75) is 172 Å². The fourth-order valence-corrected chi connectivity index (χ4v) is 6.66. The number of aliphatic carboxylic acids is 3. The van der Waals surface area contributed by atoms with E-state index in [4.69, 9.17) is 24.6 Å². The molecule has 0 rings (SSSR count). The smallest absolute Gasteiger partial charge is 0.328 e. The summed E-state index contributed by atoms with van der Waals surface area (Å²) < 4.78 is 65.1. The van der Waals surface area contributed by atoms with Crippen molar-refractivity contribution in [2.24, 2.45) is 0 Å². The van der Waals surface area contributed by atoms with Crippen LogP contribution in [-0.2, 0) is 44.2 Å². The average Bonchev–Trinajstić information content (AvgIpc) is 2.97. The Bertz CT molecular complexity index is 1120. The first-order valence-electron chi connectivity index (χ1n) is 17.2. The normalized spacial score (nSPS) is 13.5. The second-order valence-corrected chi connectivity index (χ2v) is 15.6. The highest BCUT2D eigenvalue weighted by atomic mass is 32.2. The fourth-order valence-electron chi connectivity index (χ4n) is 5.07. The van der Waals surface area contributed by atoms with Crippen molar-refractivity contribution >= 4 is 44.1 Å². The predicted octanol–water partition coefficient (Wildman–Crippen LogP) is 6.66. The van der Waals surface area contributed by atoms with Gasteiger partial charge in [-0.25, -0.2) is 0 Å². The van der Waals surface area contributed by atoms with Crippen LogP contribution in [0.15, 0.2) is 0 Å². The maximum absolute atomic E-state index is 11.6. The summed E-state index contributed by atoms with van der Waals surface area (Å²) in [5.74, 6) is -6.09. The van der Waals surface area contributed by atoms with Crippen molar-refractivity contribution in [3.05, 3.63) is 0 Å². The molecule has 0 aromatic carbocycles. The van der Waals surface area contributed by atoms with Gasteiger partial charge in [0.15, 0.2) is 5.25 Å². The molecule has 0 aliphatic carbocycles. The molecule has 48 heavy (non-hydrogen) atoms. The van der Waals surface area contributed by atoms with Crippen molar-refractivity contribution in [2.75, 3.05) is 6.61 Å². The number of carboxylic acids is 3. The zero-order valence-corrected chi connectivity index (χ0v) is 30.4. The van der Waals surface area contributed by atoms with Gasteiger partial charge in [0.05, 0.1) is 19.4 Å². The van der Waals surface area contributed by atoms with Gasteiger partial charge in [-0.1, -0.05) is 136 Å². The number of esters is 1. The molecular formula is C32H60O14S2. The second-order valence-electron chi connectivity index (χ2n) is 12.2. The highest BCUT2D eigenvalue weighted by Gasteiger charge is 2.51. The summed E-state index contributed by atoms with van der Waals surface area (Å²) in [5, 5.41) is 24.4. The topological polar surface area (TPSA) is 247 Å². The summed E-state index contributed by atoms with van der Waals surface area (Å²) >= 11 is 0. The molecule has 0 saturated carbocycles. The summed E-state index contributed by atoms with van der Waals surface area (Å²) in [6, 6.07) is 0. The number of hydrogen-bond acceptors (Lipinski definition) is 9. The van der Waals surface area contributed by atoms with Gasteiger partial charge in [-0.05, 0) is 12.8 Å². The molecule has 5 N–H and O–H groups in total. The molecule has 0 aromatic heterocycles. The lowest BCUT2D eigenvalue weighted by Crippen LogP contribution is -2.48.